The molecule has 0 bridgehead atoms. The van der Waals surface area contributed by atoms with E-state index in [4.69, 9.17) is 18.9 Å². The zero-order valence-corrected chi connectivity index (χ0v) is 27.0. The van der Waals surface area contributed by atoms with Crippen LogP contribution < -0.4 is 14.2 Å². The van der Waals surface area contributed by atoms with E-state index in [-0.39, 0.29) is 17.4 Å². The molecule has 0 spiro atoms. The molecule has 6 aromatic rings. The molecular formula is C43H38O6. The highest BCUT2D eigenvalue weighted by molar-refractivity contribution is 5.56. The molecule has 246 valence electrons. The molecule has 0 fully saturated rings. The molecule has 6 aromatic carbocycles. The summed E-state index contributed by atoms with van der Waals surface area (Å²) in [6.45, 7) is 1.09. The van der Waals surface area contributed by atoms with E-state index in [0.29, 0.717) is 49.1 Å². The second-order valence-corrected chi connectivity index (χ2v) is 12.2. The maximum absolute atomic E-state index is 10.6. The van der Waals surface area contributed by atoms with Gasteiger partial charge in [-0.1, -0.05) is 127 Å². The average Bonchev–Trinajstić information content (AvgIpc) is 3.15. The Labute approximate surface area is 286 Å². The number of phenols is 2. The van der Waals surface area contributed by atoms with Crippen molar-refractivity contribution >= 4 is 0 Å². The molecule has 0 amide bonds. The summed E-state index contributed by atoms with van der Waals surface area (Å²) < 4.78 is 26.7. The maximum atomic E-state index is 10.6. The Kier molecular flexibility index (Phi) is 9.76. The summed E-state index contributed by atoms with van der Waals surface area (Å²) in [7, 11) is 0. The van der Waals surface area contributed by atoms with Crippen LogP contribution in [-0.4, -0.2) is 16.3 Å². The molecule has 1 heterocycles. The van der Waals surface area contributed by atoms with Gasteiger partial charge in [0.25, 0.3) is 0 Å². The van der Waals surface area contributed by atoms with E-state index in [1.807, 2.05) is 121 Å². The Bertz CT molecular complexity index is 1950. The van der Waals surface area contributed by atoms with Gasteiger partial charge in [-0.15, -0.1) is 0 Å². The molecule has 6 heteroatoms. The monoisotopic (exact) mass is 650 g/mol. The van der Waals surface area contributed by atoms with Crippen LogP contribution in [0.15, 0.2) is 152 Å². The molecule has 1 unspecified atom stereocenters. The zero-order chi connectivity index (χ0) is 33.4. The van der Waals surface area contributed by atoms with Gasteiger partial charge in [0.2, 0.25) is 0 Å². The molecule has 6 nitrogen and oxygen atoms in total. The van der Waals surface area contributed by atoms with Gasteiger partial charge in [-0.05, 0) is 46.4 Å². The first-order valence-corrected chi connectivity index (χ1v) is 16.5. The number of hydrogen-bond acceptors (Lipinski definition) is 6. The van der Waals surface area contributed by atoms with Gasteiger partial charge in [0.1, 0.15) is 36.6 Å². The van der Waals surface area contributed by atoms with Gasteiger partial charge in [0.15, 0.2) is 17.6 Å². The number of fused-ring (bicyclic) bond motifs is 1. The second kappa shape index (κ2) is 15.0. The third kappa shape index (κ3) is 7.72. The van der Waals surface area contributed by atoms with Crippen LogP contribution in [0.5, 0.6) is 28.7 Å². The van der Waals surface area contributed by atoms with Gasteiger partial charge < -0.3 is 29.2 Å². The van der Waals surface area contributed by atoms with Crippen molar-refractivity contribution in [1.82, 2.24) is 0 Å². The van der Waals surface area contributed by atoms with E-state index in [2.05, 4.69) is 12.1 Å². The van der Waals surface area contributed by atoms with Crippen molar-refractivity contribution in [2.45, 2.75) is 44.4 Å². The Hall–Kier alpha value is -5.72. The highest BCUT2D eigenvalue weighted by Gasteiger charge is 2.43. The number of ether oxygens (including phenoxy) is 4. The first-order chi connectivity index (χ1) is 24.1. The largest absolute Gasteiger partial charge is 0.504 e. The first kappa shape index (κ1) is 31.9. The Morgan fingerprint density at radius 3 is 1.67 bits per heavy atom. The van der Waals surface area contributed by atoms with Crippen molar-refractivity contribution in [2.75, 3.05) is 0 Å². The number of aromatic hydroxyl groups is 2. The Balaban J connectivity index is 1.34. The van der Waals surface area contributed by atoms with Gasteiger partial charge in [-0.2, -0.15) is 0 Å². The zero-order valence-electron chi connectivity index (χ0n) is 27.0. The minimum atomic E-state index is -0.622. The lowest BCUT2D eigenvalue weighted by molar-refractivity contribution is -0.0641. The molecule has 0 saturated heterocycles. The predicted octanol–water partition coefficient (Wildman–Crippen LogP) is 9.30. The molecule has 49 heavy (non-hydrogen) atoms. The van der Waals surface area contributed by atoms with E-state index in [1.54, 1.807) is 12.1 Å². The lowest BCUT2D eigenvalue weighted by Crippen LogP contribution is -2.38. The summed E-state index contributed by atoms with van der Waals surface area (Å²) in [5.41, 5.74) is 5.83. The van der Waals surface area contributed by atoms with E-state index in [1.165, 1.54) is 6.07 Å². The van der Waals surface area contributed by atoms with E-state index in [9.17, 15) is 10.2 Å². The first-order valence-electron chi connectivity index (χ1n) is 16.5. The molecule has 0 radical (unpaired) electrons. The molecule has 2 N–H and O–H groups in total. The van der Waals surface area contributed by atoms with Gasteiger partial charge >= 0.3 is 0 Å². The van der Waals surface area contributed by atoms with Gasteiger partial charge in [-0.3, -0.25) is 0 Å². The maximum Gasteiger partial charge on any atom is 0.157 e. The topological polar surface area (TPSA) is 77.4 Å². The standard InChI is InChI=1S/C43H38O6/c44-37-22-21-34(24-38(37)45)42-43(48-29-33-19-11-4-12-20-33)36(23-30-13-5-1-6-14-30)41-39(47-28-32-17-9-3-10-18-32)25-35(26-40(41)49-42)46-27-31-15-7-2-8-16-31/h1-22,24-26,36,42-45H,23,27-29H2/t36?,42-,43+/m1/s1. The minimum absolute atomic E-state index is 0.198. The van der Waals surface area contributed by atoms with Crippen LogP contribution in [0.3, 0.4) is 0 Å². The molecule has 1 aliphatic heterocycles. The van der Waals surface area contributed by atoms with Crippen molar-refractivity contribution in [2.24, 2.45) is 0 Å². The molecule has 1 aliphatic rings. The van der Waals surface area contributed by atoms with Crippen LogP contribution in [0.25, 0.3) is 0 Å². The number of rotatable bonds is 12. The van der Waals surface area contributed by atoms with E-state index >= 15 is 0 Å². The molecule has 0 aliphatic carbocycles. The fourth-order valence-corrected chi connectivity index (χ4v) is 6.33. The van der Waals surface area contributed by atoms with Crippen LogP contribution >= 0.6 is 0 Å². The fourth-order valence-electron chi connectivity index (χ4n) is 6.33. The number of benzene rings is 6. The van der Waals surface area contributed by atoms with Crippen LogP contribution in [0.4, 0.5) is 0 Å². The van der Waals surface area contributed by atoms with Crippen molar-refractivity contribution < 1.29 is 29.2 Å². The number of phenolic OH excluding ortho intramolecular Hbond substituents is 2. The van der Waals surface area contributed by atoms with Gasteiger partial charge in [0, 0.05) is 23.6 Å². The summed E-state index contributed by atoms with van der Waals surface area (Å²) in [5, 5.41) is 20.8. The van der Waals surface area contributed by atoms with Crippen LogP contribution in [-0.2, 0) is 31.0 Å². The molecule has 3 atom stereocenters. The smallest absolute Gasteiger partial charge is 0.157 e. The average molecular weight is 651 g/mol. The van der Waals surface area contributed by atoms with Crippen molar-refractivity contribution in [3.63, 3.8) is 0 Å². The summed E-state index contributed by atoms with van der Waals surface area (Å²) >= 11 is 0. The minimum Gasteiger partial charge on any atom is -0.504 e. The summed E-state index contributed by atoms with van der Waals surface area (Å²) in [4.78, 5) is 0. The van der Waals surface area contributed by atoms with Crippen LogP contribution in [0.1, 0.15) is 45.4 Å². The quantitative estimate of drug-likeness (QED) is 0.129. The summed E-state index contributed by atoms with van der Waals surface area (Å²) in [6.07, 6.45) is -0.474. The second-order valence-electron chi connectivity index (χ2n) is 12.2. The van der Waals surface area contributed by atoms with E-state index in [0.717, 1.165) is 27.8 Å². The SMILES string of the molecule is Oc1ccc([C@H]2Oc3cc(OCc4ccccc4)cc(OCc4ccccc4)c3C(Cc3ccccc3)[C@@H]2OCc2ccccc2)cc1O. The van der Waals surface area contributed by atoms with Crippen molar-refractivity contribution in [1.29, 1.82) is 0 Å². The highest BCUT2D eigenvalue weighted by Crippen LogP contribution is 2.51. The molecular weight excluding hydrogens is 612 g/mol. The Morgan fingerprint density at radius 1 is 0.531 bits per heavy atom. The number of hydrogen-bond donors (Lipinski definition) is 2. The van der Waals surface area contributed by atoms with Gasteiger partial charge in [-0.25, -0.2) is 0 Å². The van der Waals surface area contributed by atoms with Crippen LogP contribution in [0, 0.1) is 0 Å². The lowest BCUT2D eigenvalue weighted by atomic mass is 9.80. The summed E-state index contributed by atoms with van der Waals surface area (Å²) in [6, 6.07) is 49.1. The highest BCUT2D eigenvalue weighted by atomic mass is 16.5. The third-order valence-corrected chi connectivity index (χ3v) is 8.79. The predicted molar refractivity (Wildman–Crippen MR) is 189 cm³/mol. The molecule has 7 rings (SSSR count). The van der Waals surface area contributed by atoms with Gasteiger partial charge in [0.05, 0.1) is 6.61 Å². The normalized spacial score (nSPS) is 16.7. The molecule has 0 saturated carbocycles. The van der Waals surface area contributed by atoms with Crippen LogP contribution in [0.2, 0.25) is 0 Å². The Morgan fingerprint density at radius 2 is 1.08 bits per heavy atom. The van der Waals surface area contributed by atoms with Crippen molar-refractivity contribution in [3.8, 4) is 28.7 Å². The lowest BCUT2D eigenvalue weighted by Gasteiger charge is -2.41. The van der Waals surface area contributed by atoms with Crippen molar-refractivity contribution in [3.05, 3.63) is 185 Å². The summed E-state index contributed by atoms with van der Waals surface area (Å²) in [5.74, 6) is 1.25. The fraction of sp³-hybridized carbons (Fsp3) is 0.163. The van der Waals surface area contributed by atoms with E-state index < -0.39 is 12.2 Å². The third-order valence-electron chi connectivity index (χ3n) is 8.79. The molecule has 0 aromatic heterocycles.